The number of aryl methyl sites for hydroxylation is 1. The topological polar surface area (TPSA) is 89.9 Å². The lowest BCUT2D eigenvalue weighted by atomic mass is 10.0. The Labute approximate surface area is 197 Å². The Morgan fingerprint density at radius 2 is 1.79 bits per heavy atom. The zero-order valence-electron chi connectivity index (χ0n) is 18.7. The lowest BCUT2D eigenvalue weighted by Crippen LogP contribution is -2.34. The maximum absolute atomic E-state index is 12.7. The van der Waals surface area contributed by atoms with Gasteiger partial charge in [0.25, 0.3) is 0 Å². The van der Waals surface area contributed by atoms with Crippen molar-refractivity contribution >= 4 is 28.6 Å². The van der Waals surface area contributed by atoms with Crippen LogP contribution < -0.4 is 5.84 Å². The smallest absolute Gasteiger partial charge is 0.235 e. The summed E-state index contributed by atoms with van der Waals surface area (Å²) in [6.07, 6.45) is 2.14. The number of hydrogen-bond acceptors (Lipinski definition) is 6. The van der Waals surface area contributed by atoms with Gasteiger partial charge in [-0.3, -0.25) is 4.79 Å². The van der Waals surface area contributed by atoms with Crippen molar-refractivity contribution in [2.24, 2.45) is 0 Å². The Bertz CT molecular complexity index is 1310. The zero-order valence-corrected chi connectivity index (χ0v) is 19.5. The highest BCUT2D eigenvalue weighted by Gasteiger charge is 2.26. The minimum absolute atomic E-state index is 0.123. The summed E-state index contributed by atoms with van der Waals surface area (Å²) in [6, 6.07) is 18.2. The number of aromatic nitrogens is 4. The van der Waals surface area contributed by atoms with E-state index in [-0.39, 0.29) is 11.2 Å². The fraction of sp³-hybridized carbons (Fsp3) is 0.280. The maximum Gasteiger partial charge on any atom is 0.235 e. The molecule has 2 N–H and O–H groups in total. The molecular formula is C25H26N6OS. The van der Waals surface area contributed by atoms with Crippen LogP contribution in [-0.4, -0.2) is 49.0 Å². The standard InChI is InChI=1S/C25H26N6OS/c1-16-9-11-18(12-10-16)22-15-20(19-7-3-4-8-21(19)27-22)23-28-29-25(31(23)26)33-17(2)24(32)30-13-5-6-14-30/h3-4,7-12,15,17H,5-6,13-14,26H2,1-2H3. The van der Waals surface area contributed by atoms with Gasteiger partial charge in [-0.2, -0.15) is 0 Å². The van der Waals surface area contributed by atoms with Gasteiger partial charge in [0.15, 0.2) is 5.82 Å². The molecule has 1 unspecified atom stereocenters. The van der Waals surface area contributed by atoms with Crippen molar-refractivity contribution in [2.45, 2.75) is 37.1 Å². The first-order valence-corrected chi connectivity index (χ1v) is 12.0. The normalized spacial score (nSPS) is 14.7. The third-order valence-corrected chi connectivity index (χ3v) is 7.06. The summed E-state index contributed by atoms with van der Waals surface area (Å²) in [6.45, 7) is 5.62. The second-order valence-electron chi connectivity index (χ2n) is 8.41. The molecule has 1 saturated heterocycles. The molecule has 33 heavy (non-hydrogen) atoms. The summed E-state index contributed by atoms with van der Waals surface area (Å²) in [5, 5.41) is 9.92. The Morgan fingerprint density at radius 1 is 1.06 bits per heavy atom. The number of amides is 1. The lowest BCUT2D eigenvalue weighted by Gasteiger charge is -2.19. The van der Waals surface area contributed by atoms with E-state index in [1.807, 2.05) is 42.2 Å². The van der Waals surface area contributed by atoms with E-state index in [2.05, 4.69) is 41.4 Å². The number of pyridine rings is 1. The summed E-state index contributed by atoms with van der Waals surface area (Å²) < 4.78 is 1.49. The molecular weight excluding hydrogens is 432 g/mol. The van der Waals surface area contributed by atoms with Crippen molar-refractivity contribution in [2.75, 3.05) is 18.9 Å². The van der Waals surface area contributed by atoms with Gasteiger partial charge in [-0.05, 0) is 38.8 Å². The molecule has 3 heterocycles. The van der Waals surface area contributed by atoms with Crippen LogP contribution >= 0.6 is 11.8 Å². The van der Waals surface area contributed by atoms with E-state index >= 15 is 0 Å². The molecule has 1 aliphatic rings. The van der Waals surface area contributed by atoms with E-state index in [0.29, 0.717) is 11.0 Å². The van der Waals surface area contributed by atoms with Gasteiger partial charge in [-0.15, -0.1) is 10.2 Å². The number of carbonyl (C=O) groups is 1. The predicted molar refractivity (Wildman–Crippen MR) is 132 cm³/mol. The van der Waals surface area contributed by atoms with E-state index in [1.165, 1.54) is 22.0 Å². The Balaban J connectivity index is 1.52. The SMILES string of the molecule is Cc1ccc(-c2cc(-c3nnc(SC(C)C(=O)N4CCCC4)n3N)c3ccccc3n2)cc1. The average molecular weight is 459 g/mol. The van der Waals surface area contributed by atoms with Crippen molar-refractivity contribution in [3.8, 4) is 22.6 Å². The molecule has 168 valence electrons. The molecule has 2 aromatic carbocycles. The first-order chi connectivity index (χ1) is 16.0. The fourth-order valence-corrected chi connectivity index (χ4v) is 5.03. The minimum atomic E-state index is -0.278. The van der Waals surface area contributed by atoms with Crippen LogP contribution in [0.15, 0.2) is 59.8 Å². The third kappa shape index (κ3) is 4.18. The van der Waals surface area contributed by atoms with E-state index in [1.54, 1.807) is 0 Å². The van der Waals surface area contributed by atoms with Crippen LogP contribution in [0.25, 0.3) is 33.5 Å². The minimum Gasteiger partial charge on any atom is -0.342 e. The molecule has 1 atom stereocenters. The van der Waals surface area contributed by atoms with Gasteiger partial charge in [0.1, 0.15) is 0 Å². The number of carbonyl (C=O) groups excluding carboxylic acids is 1. The molecule has 0 saturated carbocycles. The molecule has 0 aliphatic carbocycles. The highest BCUT2D eigenvalue weighted by molar-refractivity contribution is 8.00. The van der Waals surface area contributed by atoms with Gasteiger partial charge in [0.2, 0.25) is 11.1 Å². The second kappa shape index (κ2) is 8.86. The highest BCUT2D eigenvalue weighted by Crippen LogP contribution is 2.33. The number of benzene rings is 2. The molecule has 0 spiro atoms. The van der Waals surface area contributed by atoms with Gasteiger partial charge >= 0.3 is 0 Å². The van der Waals surface area contributed by atoms with Crippen molar-refractivity contribution in [1.29, 1.82) is 0 Å². The van der Waals surface area contributed by atoms with E-state index in [9.17, 15) is 4.79 Å². The van der Waals surface area contributed by atoms with Crippen molar-refractivity contribution in [3.05, 3.63) is 60.2 Å². The zero-order chi connectivity index (χ0) is 22.9. The Kier molecular flexibility index (Phi) is 5.76. The number of para-hydroxylation sites is 1. The molecule has 0 radical (unpaired) electrons. The molecule has 8 heteroatoms. The molecule has 5 rings (SSSR count). The molecule has 0 bridgehead atoms. The Hall–Kier alpha value is -3.39. The monoisotopic (exact) mass is 458 g/mol. The van der Waals surface area contributed by atoms with Crippen LogP contribution in [0.3, 0.4) is 0 Å². The lowest BCUT2D eigenvalue weighted by molar-refractivity contribution is -0.129. The third-order valence-electron chi connectivity index (χ3n) is 6.02. The summed E-state index contributed by atoms with van der Waals surface area (Å²) in [5.74, 6) is 7.13. The van der Waals surface area contributed by atoms with Gasteiger partial charge in [0.05, 0.1) is 16.5 Å². The second-order valence-corrected chi connectivity index (χ2v) is 9.71. The van der Waals surface area contributed by atoms with Crippen LogP contribution in [0.5, 0.6) is 0 Å². The number of nitrogens with zero attached hydrogens (tertiary/aromatic N) is 5. The van der Waals surface area contributed by atoms with Gasteiger partial charge < -0.3 is 10.7 Å². The average Bonchev–Trinajstić information content (AvgIpc) is 3.49. The summed E-state index contributed by atoms with van der Waals surface area (Å²) in [7, 11) is 0. The van der Waals surface area contributed by atoms with Crippen LogP contribution in [0.4, 0.5) is 0 Å². The first kappa shape index (κ1) is 21.5. The first-order valence-electron chi connectivity index (χ1n) is 11.1. The molecule has 7 nitrogen and oxygen atoms in total. The Morgan fingerprint density at radius 3 is 2.55 bits per heavy atom. The van der Waals surface area contributed by atoms with E-state index < -0.39 is 0 Å². The number of rotatable bonds is 5. The van der Waals surface area contributed by atoms with Crippen LogP contribution in [-0.2, 0) is 4.79 Å². The number of fused-ring (bicyclic) bond motifs is 1. The molecule has 1 fully saturated rings. The number of likely N-dealkylation sites (tertiary alicyclic amines) is 1. The molecule has 2 aromatic heterocycles. The summed E-state index contributed by atoms with van der Waals surface area (Å²) in [4.78, 5) is 19.5. The highest BCUT2D eigenvalue weighted by atomic mass is 32.2. The number of thioether (sulfide) groups is 1. The van der Waals surface area contributed by atoms with Crippen LogP contribution in [0.2, 0.25) is 0 Å². The maximum atomic E-state index is 12.7. The number of hydrogen-bond donors (Lipinski definition) is 1. The van der Waals surface area contributed by atoms with Crippen molar-refractivity contribution in [3.63, 3.8) is 0 Å². The largest absolute Gasteiger partial charge is 0.342 e. The van der Waals surface area contributed by atoms with Crippen LogP contribution in [0, 0.1) is 6.92 Å². The number of nitrogens with two attached hydrogens (primary N) is 1. The summed E-state index contributed by atoms with van der Waals surface area (Å²) >= 11 is 1.35. The molecule has 4 aromatic rings. The molecule has 1 aliphatic heterocycles. The van der Waals surface area contributed by atoms with Crippen LogP contribution in [0.1, 0.15) is 25.3 Å². The van der Waals surface area contributed by atoms with Gasteiger partial charge in [-0.1, -0.05) is 59.8 Å². The van der Waals surface area contributed by atoms with Crippen molar-refractivity contribution < 1.29 is 4.79 Å². The van der Waals surface area contributed by atoms with E-state index in [4.69, 9.17) is 10.8 Å². The fourth-order valence-electron chi connectivity index (χ4n) is 4.18. The summed E-state index contributed by atoms with van der Waals surface area (Å²) in [5.41, 5.74) is 4.78. The quantitative estimate of drug-likeness (QED) is 0.355. The number of nitrogen functional groups attached to an aromatic ring is 1. The van der Waals surface area contributed by atoms with E-state index in [0.717, 1.165) is 53.7 Å². The van der Waals surface area contributed by atoms with Gasteiger partial charge in [0, 0.05) is 29.6 Å². The molecule has 1 amide bonds. The predicted octanol–water partition coefficient (Wildman–Crippen LogP) is 4.29. The van der Waals surface area contributed by atoms with Crippen molar-refractivity contribution in [1.82, 2.24) is 24.8 Å². The van der Waals surface area contributed by atoms with Gasteiger partial charge in [-0.25, -0.2) is 9.66 Å².